The van der Waals surface area contributed by atoms with Gasteiger partial charge in [-0.1, -0.05) is 12.1 Å². The number of ether oxygens (including phenoxy) is 2. The van der Waals surface area contributed by atoms with Gasteiger partial charge >= 0.3 is 5.97 Å². The fraction of sp³-hybridized carbons (Fsp3) is 0.261. The number of benzene rings is 2. The number of carbonyl (C=O) groups excluding carboxylic acids is 4. The number of aliphatic imine (C=N–C) groups is 1. The molecule has 2 aromatic carbocycles. The van der Waals surface area contributed by atoms with Crippen LogP contribution in [0.5, 0.6) is 5.75 Å². The van der Waals surface area contributed by atoms with Crippen molar-refractivity contribution in [3.05, 3.63) is 59.7 Å². The molecular formula is C23H21N3O6. The maximum Gasteiger partial charge on any atom is 0.330 e. The van der Waals surface area contributed by atoms with Gasteiger partial charge < -0.3 is 9.47 Å². The molecule has 2 heterocycles. The van der Waals surface area contributed by atoms with Crippen LogP contribution < -0.4 is 9.64 Å². The molecule has 3 amide bonds. The number of methoxy groups -OCH3 is 2. The maximum absolute atomic E-state index is 13.2. The van der Waals surface area contributed by atoms with Crippen LogP contribution >= 0.6 is 0 Å². The predicted molar refractivity (Wildman–Crippen MR) is 115 cm³/mol. The van der Waals surface area contributed by atoms with Gasteiger partial charge in [0.25, 0.3) is 17.7 Å². The summed E-state index contributed by atoms with van der Waals surface area (Å²) < 4.78 is 9.85. The van der Waals surface area contributed by atoms with Gasteiger partial charge in [0, 0.05) is 11.9 Å². The predicted octanol–water partition coefficient (Wildman–Crippen LogP) is 1.71. The van der Waals surface area contributed by atoms with Crippen LogP contribution in [-0.4, -0.2) is 67.2 Å². The Morgan fingerprint density at radius 3 is 2.09 bits per heavy atom. The highest BCUT2D eigenvalue weighted by Crippen LogP contribution is 2.36. The van der Waals surface area contributed by atoms with Gasteiger partial charge in [-0.2, -0.15) is 0 Å². The Hall–Kier alpha value is -4.01. The number of hydrogen-bond acceptors (Lipinski definition) is 7. The van der Waals surface area contributed by atoms with E-state index in [0.717, 1.165) is 4.90 Å². The lowest BCUT2D eigenvalue weighted by Gasteiger charge is -2.47. The molecular weight excluding hydrogens is 414 g/mol. The summed E-state index contributed by atoms with van der Waals surface area (Å²) >= 11 is 0. The minimum absolute atomic E-state index is 0.256. The van der Waals surface area contributed by atoms with E-state index in [1.807, 2.05) is 0 Å². The molecule has 0 aromatic heterocycles. The molecule has 0 N–H and O–H groups in total. The van der Waals surface area contributed by atoms with Gasteiger partial charge in [-0.15, -0.1) is 0 Å². The Bertz CT molecular complexity index is 1090. The first-order valence-corrected chi connectivity index (χ1v) is 9.94. The number of hydrogen-bond donors (Lipinski definition) is 0. The lowest BCUT2D eigenvalue weighted by Crippen LogP contribution is -2.72. The number of amides is 3. The highest BCUT2D eigenvalue weighted by atomic mass is 16.5. The zero-order chi connectivity index (χ0) is 23.0. The summed E-state index contributed by atoms with van der Waals surface area (Å²) in [6, 6.07) is 10.6. The Kier molecular flexibility index (Phi) is 5.48. The Labute approximate surface area is 184 Å². The van der Waals surface area contributed by atoms with E-state index in [-0.39, 0.29) is 11.1 Å². The molecule has 9 heteroatoms. The zero-order valence-corrected chi connectivity index (χ0v) is 17.7. The fourth-order valence-corrected chi connectivity index (χ4v) is 3.86. The summed E-state index contributed by atoms with van der Waals surface area (Å²) in [7, 11) is 2.79. The summed E-state index contributed by atoms with van der Waals surface area (Å²) in [5.74, 6) is -1.41. The number of nitrogens with zero attached hydrogens (tertiary/aromatic N) is 3. The topological polar surface area (TPSA) is 106 Å². The minimum atomic E-state index is -1.07. The van der Waals surface area contributed by atoms with E-state index in [1.54, 1.807) is 55.5 Å². The molecule has 9 nitrogen and oxygen atoms in total. The lowest BCUT2D eigenvalue weighted by molar-refractivity contribution is -0.141. The first kappa shape index (κ1) is 21.2. The third-order valence-electron chi connectivity index (χ3n) is 5.57. The molecule has 3 unspecified atom stereocenters. The molecule has 164 valence electrons. The van der Waals surface area contributed by atoms with Crippen molar-refractivity contribution in [3.63, 3.8) is 0 Å². The molecule has 0 radical (unpaired) electrons. The van der Waals surface area contributed by atoms with E-state index >= 15 is 0 Å². The van der Waals surface area contributed by atoms with Crippen LogP contribution in [0.25, 0.3) is 0 Å². The lowest BCUT2D eigenvalue weighted by atomic mass is 9.92. The Morgan fingerprint density at radius 1 is 0.969 bits per heavy atom. The van der Waals surface area contributed by atoms with Crippen LogP contribution in [-0.2, 0) is 14.3 Å². The van der Waals surface area contributed by atoms with E-state index in [9.17, 15) is 19.2 Å². The molecule has 0 spiro atoms. The number of carbonyl (C=O) groups is 4. The highest BCUT2D eigenvalue weighted by Gasteiger charge is 2.56. The Morgan fingerprint density at radius 2 is 1.56 bits per heavy atom. The van der Waals surface area contributed by atoms with Gasteiger partial charge in [0.2, 0.25) is 0 Å². The van der Waals surface area contributed by atoms with Crippen molar-refractivity contribution in [1.29, 1.82) is 0 Å². The van der Waals surface area contributed by atoms with Crippen LogP contribution in [0.3, 0.4) is 0 Å². The van der Waals surface area contributed by atoms with Gasteiger partial charge in [-0.05, 0) is 43.3 Å². The second-order valence-electron chi connectivity index (χ2n) is 7.36. The molecule has 1 saturated heterocycles. The molecule has 3 atom stereocenters. The minimum Gasteiger partial charge on any atom is -0.497 e. The molecule has 2 aliphatic rings. The molecule has 2 aromatic rings. The fourth-order valence-electron chi connectivity index (χ4n) is 3.86. The van der Waals surface area contributed by atoms with Crippen molar-refractivity contribution in [2.45, 2.75) is 25.0 Å². The monoisotopic (exact) mass is 435 g/mol. The van der Waals surface area contributed by atoms with Crippen molar-refractivity contribution in [2.24, 2.45) is 4.99 Å². The van der Waals surface area contributed by atoms with E-state index in [4.69, 9.17) is 9.47 Å². The smallest absolute Gasteiger partial charge is 0.330 e. The second kappa shape index (κ2) is 8.26. The first-order chi connectivity index (χ1) is 15.4. The molecule has 4 rings (SSSR count). The summed E-state index contributed by atoms with van der Waals surface area (Å²) in [5, 5.41) is 0. The number of imide groups is 1. The number of esters is 1. The molecule has 1 fully saturated rings. The standard InChI is InChI=1S/C23H21N3O6/c1-13(23(30)32-3)24-12-18-19(22(29)25(18)14-8-10-15(31-2)11-9-14)26-20(27)16-6-4-5-7-17(16)21(26)28/h4-13,18-19H,1-3H3. The number of rotatable bonds is 6. The van der Waals surface area contributed by atoms with Gasteiger partial charge in [-0.25, -0.2) is 4.79 Å². The summed E-state index contributed by atoms with van der Waals surface area (Å²) in [4.78, 5) is 57.5. The average Bonchev–Trinajstić information content (AvgIpc) is 3.06. The third kappa shape index (κ3) is 3.31. The van der Waals surface area contributed by atoms with Crippen LogP contribution in [0.2, 0.25) is 0 Å². The molecule has 32 heavy (non-hydrogen) atoms. The van der Waals surface area contributed by atoms with Gasteiger partial charge in [0.1, 0.15) is 23.9 Å². The van der Waals surface area contributed by atoms with Crippen molar-refractivity contribution < 1.29 is 28.7 Å². The van der Waals surface area contributed by atoms with Gasteiger partial charge in [0.15, 0.2) is 0 Å². The van der Waals surface area contributed by atoms with Gasteiger partial charge in [-0.3, -0.25) is 29.2 Å². The van der Waals surface area contributed by atoms with Crippen LogP contribution in [0, 0.1) is 0 Å². The SMILES string of the molecule is COC(=O)C(C)N=CC1C(N2C(=O)c3ccccc3C2=O)C(=O)N1c1ccc(OC)cc1. The van der Waals surface area contributed by atoms with Crippen molar-refractivity contribution >= 4 is 35.6 Å². The van der Waals surface area contributed by atoms with Crippen LogP contribution in [0.15, 0.2) is 53.5 Å². The quantitative estimate of drug-likeness (QED) is 0.296. The second-order valence-corrected chi connectivity index (χ2v) is 7.36. The summed E-state index contributed by atoms with van der Waals surface area (Å²) in [6.45, 7) is 1.55. The van der Waals surface area contributed by atoms with E-state index in [0.29, 0.717) is 11.4 Å². The Balaban J connectivity index is 1.69. The van der Waals surface area contributed by atoms with Crippen LogP contribution in [0.4, 0.5) is 5.69 Å². The summed E-state index contributed by atoms with van der Waals surface area (Å²) in [6.07, 6.45) is 1.42. The highest BCUT2D eigenvalue weighted by molar-refractivity contribution is 6.25. The maximum atomic E-state index is 13.2. The first-order valence-electron chi connectivity index (χ1n) is 9.94. The van der Waals surface area contributed by atoms with Crippen LogP contribution in [0.1, 0.15) is 27.6 Å². The third-order valence-corrected chi connectivity index (χ3v) is 5.57. The van der Waals surface area contributed by atoms with E-state index in [2.05, 4.69) is 4.99 Å². The number of β-lactam (4-membered cyclic amide) rings is 1. The van der Waals surface area contributed by atoms with Crippen molar-refractivity contribution in [1.82, 2.24) is 4.90 Å². The van der Waals surface area contributed by atoms with E-state index in [1.165, 1.54) is 25.3 Å². The van der Waals surface area contributed by atoms with Gasteiger partial charge in [0.05, 0.1) is 25.3 Å². The molecule has 0 bridgehead atoms. The van der Waals surface area contributed by atoms with Crippen molar-refractivity contribution in [2.75, 3.05) is 19.1 Å². The normalized spacial score (nSPS) is 20.9. The molecule has 2 aliphatic heterocycles. The molecule has 0 aliphatic carbocycles. The largest absolute Gasteiger partial charge is 0.497 e. The van der Waals surface area contributed by atoms with Crippen molar-refractivity contribution in [3.8, 4) is 5.75 Å². The summed E-state index contributed by atoms with van der Waals surface area (Å²) in [5.41, 5.74) is 1.06. The number of fused-ring (bicyclic) bond motifs is 1. The zero-order valence-electron chi connectivity index (χ0n) is 17.7. The average molecular weight is 435 g/mol. The molecule has 0 saturated carbocycles. The van der Waals surface area contributed by atoms with E-state index < -0.39 is 41.8 Å². The number of anilines is 1.